The van der Waals surface area contributed by atoms with Crippen molar-refractivity contribution in [2.24, 2.45) is 0 Å². The summed E-state index contributed by atoms with van der Waals surface area (Å²) in [7, 11) is 0. The predicted molar refractivity (Wildman–Crippen MR) is 57.2 cm³/mol. The number of nitrogens with zero attached hydrogens (tertiary/aromatic N) is 1. The summed E-state index contributed by atoms with van der Waals surface area (Å²) < 4.78 is 0. The van der Waals surface area contributed by atoms with Crippen molar-refractivity contribution >= 4 is 11.8 Å². The summed E-state index contributed by atoms with van der Waals surface area (Å²) in [5.41, 5.74) is 2.52. The molecule has 2 heterocycles. The van der Waals surface area contributed by atoms with E-state index in [1.807, 2.05) is 12.1 Å². The van der Waals surface area contributed by atoms with Crippen LogP contribution in [0, 0.1) is 0 Å². The molecule has 4 heteroatoms. The number of hydrogen-bond donors (Lipinski definition) is 1. The molecule has 2 aliphatic heterocycles. The molecular formula is C12H12N2O2. The second-order valence-corrected chi connectivity index (χ2v) is 4.31. The molecule has 1 aromatic carbocycles. The van der Waals surface area contributed by atoms with Crippen molar-refractivity contribution < 1.29 is 9.59 Å². The molecule has 1 unspecified atom stereocenters. The average molecular weight is 216 g/mol. The first kappa shape index (κ1) is 9.54. The van der Waals surface area contributed by atoms with Crippen molar-refractivity contribution in [1.29, 1.82) is 0 Å². The van der Waals surface area contributed by atoms with E-state index < -0.39 is 0 Å². The lowest BCUT2D eigenvalue weighted by Gasteiger charge is -2.19. The van der Waals surface area contributed by atoms with Gasteiger partial charge in [-0.15, -0.1) is 0 Å². The maximum Gasteiger partial charge on any atom is 0.244 e. The second-order valence-electron chi connectivity index (χ2n) is 4.31. The summed E-state index contributed by atoms with van der Waals surface area (Å²) >= 11 is 0. The molecule has 3 rings (SSSR count). The van der Waals surface area contributed by atoms with Crippen LogP contribution in [0.15, 0.2) is 24.3 Å². The highest BCUT2D eigenvalue weighted by atomic mass is 16.2. The van der Waals surface area contributed by atoms with Crippen molar-refractivity contribution in [1.82, 2.24) is 10.2 Å². The molecule has 0 aromatic heterocycles. The average Bonchev–Trinajstić information content (AvgIpc) is 2.81. The van der Waals surface area contributed by atoms with Crippen LogP contribution in [0.5, 0.6) is 0 Å². The lowest BCUT2D eigenvalue weighted by atomic mass is 10.1. The Morgan fingerprint density at radius 1 is 1.12 bits per heavy atom. The molecule has 0 saturated carbocycles. The van der Waals surface area contributed by atoms with Crippen molar-refractivity contribution in [3.8, 4) is 0 Å². The summed E-state index contributed by atoms with van der Waals surface area (Å²) in [6, 6.07) is 7.87. The minimum atomic E-state index is -0.278. The van der Waals surface area contributed by atoms with Crippen molar-refractivity contribution in [2.75, 3.05) is 0 Å². The zero-order valence-electron chi connectivity index (χ0n) is 8.77. The third-order valence-corrected chi connectivity index (χ3v) is 3.25. The second kappa shape index (κ2) is 3.42. The Labute approximate surface area is 93.2 Å². The van der Waals surface area contributed by atoms with Crippen LogP contribution in [0.4, 0.5) is 0 Å². The van der Waals surface area contributed by atoms with Gasteiger partial charge >= 0.3 is 0 Å². The van der Waals surface area contributed by atoms with Gasteiger partial charge in [-0.2, -0.15) is 0 Å². The number of carbonyl (C=O) groups excluding carboxylic acids is 2. The largest absolute Gasteiger partial charge is 0.295 e. The topological polar surface area (TPSA) is 49.4 Å². The van der Waals surface area contributed by atoms with Gasteiger partial charge in [-0.1, -0.05) is 24.3 Å². The van der Waals surface area contributed by atoms with E-state index >= 15 is 0 Å². The molecule has 16 heavy (non-hydrogen) atoms. The fourth-order valence-electron chi connectivity index (χ4n) is 2.41. The van der Waals surface area contributed by atoms with Crippen LogP contribution in [0.1, 0.15) is 17.5 Å². The predicted octanol–water partition coefficient (Wildman–Crippen LogP) is 0.417. The van der Waals surface area contributed by atoms with Crippen LogP contribution in [-0.2, 0) is 22.7 Å². The highest BCUT2D eigenvalue weighted by molar-refractivity contribution is 6.05. The quantitative estimate of drug-likeness (QED) is 0.692. The van der Waals surface area contributed by atoms with E-state index in [9.17, 15) is 9.59 Å². The van der Waals surface area contributed by atoms with Crippen LogP contribution in [0.2, 0.25) is 0 Å². The third-order valence-electron chi connectivity index (χ3n) is 3.25. The fourth-order valence-corrected chi connectivity index (χ4v) is 2.41. The highest BCUT2D eigenvalue weighted by Gasteiger charge is 2.37. The van der Waals surface area contributed by atoms with E-state index in [-0.39, 0.29) is 17.9 Å². The van der Waals surface area contributed by atoms with Crippen LogP contribution in [0.3, 0.4) is 0 Å². The first-order valence-electron chi connectivity index (χ1n) is 5.38. The zero-order valence-corrected chi connectivity index (χ0v) is 8.77. The first-order chi connectivity index (χ1) is 7.74. The molecule has 0 bridgehead atoms. The molecular weight excluding hydrogens is 204 g/mol. The van der Waals surface area contributed by atoms with Gasteiger partial charge in [0.1, 0.15) is 0 Å². The van der Waals surface area contributed by atoms with Gasteiger partial charge in [0.05, 0.1) is 12.5 Å². The molecule has 1 aromatic rings. The smallest absolute Gasteiger partial charge is 0.244 e. The molecule has 2 amide bonds. The van der Waals surface area contributed by atoms with Crippen molar-refractivity contribution in [3.63, 3.8) is 0 Å². The highest BCUT2D eigenvalue weighted by Crippen LogP contribution is 2.26. The zero-order chi connectivity index (χ0) is 11.1. The SMILES string of the molecule is O=C1CC(N2Cc3ccccc3C2)C(=O)N1. The summed E-state index contributed by atoms with van der Waals surface area (Å²) in [6.45, 7) is 1.53. The summed E-state index contributed by atoms with van der Waals surface area (Å²) in [4.78, 5) is 24.7. The molecule has 1 fully saturated rings. The molecule has 1 saturated heterocycles. The van der Waals surface area contributed by atoms with Crippen molar-refractivity contribution in [3.05, 3.63) is 35.4 Å². The van der Waals surface area contributed by atoms with Gasteiger partial charge < -0.3 is 0 Å². The van der Waals surface area contributed by atoms with Crippen LogP contribution < -0.4 is 5.32 Å². The molecule has 1 atom stereocenters. The van der Waals surface area contributed by atoms with Gasteiger partial charge in [-0.3, -0.25) is 19.8 Å². The summed E-state index contributed by atoms with van der Waals surface area (Å²) in [5.74, 6) is -0.316. The van der Waals surface area contributed by atoms with Crippen LogP contribution in [-0.4, -0.2) is 22.8 Å². The Kier molecular flexibility index (Phi) is 2.04. The van der Waals surface area contributed by atoms with Gasteiger partial charge in [-0.05, 0) is 11.1 Å². The number of imide groups is 1. The third kappa shape index (κ3) is 1.42. The maximum atomic E-state index is 11.5. The van der Waals surface area contributed by atoms with Gasteiger partial charge in [0.15, 0.2) is 0 Å². The van der Waals surface area contributed by atoms with E-state index in [0.717, 1.165) is 13.1 Å². The molecule has 4 nitrogen and oxygen atoms in total. The Balaban J connectivity index is 1.81. The number of hydrogen-bond acceptors (Lipinski definition) is 3. The van der Waals surface area contributed by atoms with E-state index in [1.165, 1.54) is 11.1 Å². The maximum absolute atomic E-state index is 11.5. The molecule has 0 radical (unpaired) electrons. The van der Waals surface area contributed by atoms with Gasteiger partial charge in [0, 0.05) is 13.1 Å². The molecule has 82 valence electrons. The van der Waals surface area contributed by atoms with Crippen LogP contribution >= 0.6 is 0 Å². The standard InChI is InChI=1S/C12H12N2O2/c15-11-5-10(12(16)13-11)14-6-8-3-1-2-4-9(8)7-14/h1-4,10H,5-7H2,(H,13,15,16). The fraction of sp³-hybridized carbons (Fsp3) is 0.333. The number of amides is 2. The van der Waals surface area contributed by atoms with Gasteiger partial charge in [-0.25, -0.2) is 0 Å². The molecule has 0 spiro atoms. The number of fused-ring (bicyclic) bond motifs is 1. The van der Waals surface area contributed by atoms with E-state index in [1.54, 1.807) is 0 Å². The number of carbonyl (C=O) groups is 2. The molecule has 1 N–H and O–H groups in total. The number of rotatable bonds is 1. The van der Waals surface area contributed by atoms with Crippen molar-refractivity contribution in [2.45, 2.75) is 25.6 Å². The monoisotopic (exact) mass is 216 g/mol. The van der Waals surface area contributed by atoms with Crippen LogP contribution in [0.25, 0.3) is 0 Å². The Morgan fingerprint density at radius 3 is 2.25 bits per heavy atom. The van der Waals surface area contributed by atoms with Gasteiger partial charge in [0.25, 0.3) is 0 Å². The van der Waals surface area contributed by atoms with E-state index in [0.29, 0.717) is 6.42 Å². The van der Waals surface area contributed by atoms with E-state index in [2.05, 4.69) is 22.3 Å². The van der Waals surface area contributed by atoms with Gasteiger partial charge in [0.2, 0.25) is 11.8 Å². The minimum Gasteiger partial charge on any atom is -0.295 e. The van der Waals surface area contributed by atoms with E-state index in [4.69, 9.17) is 0 Å². The summed E-state index contributed by atoms with van der Waals surface area (Å²) in [5, 5.41) is 2.35. The summed E-state index contributed by atoms with van der Waals surface area (Å²) in [6.07, 6.45) is 0.298. The number of benzene rings is 1. The normalized spacial score (nSPS) is 24.6. The Morgan fingerprint density at radius 2 is 1.75 bits per heavy atom. The Hall–Kier alpha value is -1.68. The number of nitrogens with one attached hydrogen (secondary N) is 1. The minimum absolute atomic E-state index is 0.155. The lowest BCUT2D eigenvalue weighted by molar-refractivity contribution is -0.126. The lowest BCUT2D eigenvalue weighted by Crippen LogP contribution is -2.37. The molecule has 0 aliphatic carbocycles. The molecule has 2 aliphatic rings. The Bertz CT molecular complexity index is 445. The first-order valence-corrected chi connectivity index (χ1v) is 5.38.